The van der Waals surface area contributed by atoms with Crippen LogP contribution in [0.2, 0.25) is 0.515 Å². The monoisotopic (exact) mass is 464 g/mol. The fourth-order valence-corrected chi connectivity index (χ4v) is 3.58. The van der Waals surface area contributed by atoms with Crippen molar-refractivity contribution >= 4 is 71.0 Å². The van der Waals surface area contributed by atoms with E-state index in [1.165, 1.54) is 71.1 Å². The molecule has 0 bridgehead atoms. The van der Waals surface area contributed by atoms with E-state index < -0.39 is 33.7 Å². The second kappa shape index (κ2) is 21.7. The van der Waals surface area contributed by atoms with E-state index in [2.05, 4.69) is 6.92 Å². The largest absolute Gasteiger partial charge is 0.481 e. The van der Waals surface area contributed by atoms with E-state index in [0.29, 0.717) is 0 Å². The molecule has 3 N–H and O–H groups in total. The molecular formula is C19H37KO8S. The molecule has 0 aliphatic carbocycles. The van der Waals surface area contributed by atoms with Crippen molar-refractivity contribution in [3.8, 4) is 0 Å². The van der Waals surface area contributed by atoms with Crippen LogP contribution >= 0.6 is 0 Å². The summed E-state index contributed by atoms with van der Waals surface area (Å²) in [7, 11) is -4.84. The number of hydrogen-bond acceptors (Lipinski definition) is 5. The van der Waals surface area contributed by atoms with Crippen molar-refractivity contribution in [2.45, 2.75) is 89.7 Å². The van der Waals surface area contributed by atoms with Crippen LogP contribution in [0.4, 0.5) is 0 Å². The van der Waals surface area contributed by atoms with Crippen LogP contribution in [-0.2, 0) is 24.4 Å². The Kier molecular flexibility index (Phi) is 23.6. The van der Waals surface area contributed by atoms with Gasteiger partial charge in [-0.1, -0.05) is 26.2 Å². The SMILES string of the molecule is CCCCCCCCCCCCOCC[CH2][K].O=C(O)CC(C(=O)O)S(=O)(=O)O. The Morgan fingerprint density at radius 1 is 0.862 bits per heavy atom. The Bertz CT molecular complexity index is 496. The average Bonchev–Trinajstić information content (AvgIpc) is 2.63. The summed E-state index contributed by atoms with van der Waals surface area (Å²) in [5.74, 6) is -3.50. The van der Waals surface area contributed by atoms with Gasteiger partial charge in [-0.3, -0.25) is 14.1 Å². The number of carboxylic acid groups (broad SMARTS) is 2. The van der Waals surface area contributed by atoms with Gasteiger partial charge in [0.2, 0.25) is 0 Å². The first-order chi connectivity index (χ1) is 13.7. The van der Waals surface area contributed by atoms with Gasteiger partial charge < -0.3 is 10.2 Å². The number of aliphatic carboxylic acids is 2. The normalized spacial score (nSPS) is 12.1. The van der Waals surface area contributed by atoms with E-state index in [0.717, 1.165) is 62.2 Å². The third-order valence-corrected chi connectivity index (χ3v) is 6.47. The first-order valence-corrected chi connectivity index (χ1v) is 14.4. The zero-order chi connectivity index (χ0) is 22.5. The summed E-state index contributed by atoms with van der Waals surface area (Å²) >= 11 is 1.02. The van der Waals surface area contributed by atoms with Crippen LogP contribution in [0.5, 0.6) is 0 Å². The third-order valence-electron chi connectivity index (χ3n) is 4.28. The maximum atomic E-state index is 10.2. The molecule has 0 aromatic rings. The maximum absolute atomic E-state index is 10.2. The minimum Gasteiger partial charge on any atom is -0.481 e. The summed E-state index contributed by atoms with van der Waals surface area (Å²) < 4.78 is 35.7. The van der Waals surface area contributed by atoms with Crippen LogP contribution in [0.25, 0.3) is 0 Å². The maximum Gasteiger partial charge on any atom is 0.325 e. The third kappa shape index (κ3) is 24.6. The standard InChI is InChI=1S/C15H31O.C4H6O7S.K/c1-3-5-6-7-8-9-10-11-12-13-15-16-14-4-2;5-3(6)1-2(4(7)8)12(9,10)11;/h2-15H2,1H3;2H,1H2,(H,5,6)(H,7,8)(H,9,10,11);. The van der Waals surface area contributed by atoms with Crippen LogP contribution in [0.1, 0.15) is 84.0 Å². The van der Waals surface area contributed by atoms with Crippen LogP contribution < -0.4 is 0 Å². The molecule has 0 aromatic carbocycles. The molecule has 0 radical (unpaired) electrons. The Morgan fingerprint density at radius 3 is 1.66 bits per heavy atom. The smallest absolute Gasteiger partial charge is 0.325 e. The Labute approximate surface area is 209 Å². The molecule has 0 heterocycles. The van der Waals surface area contributed by atoms with E-state index in [-0.39, 0.29) is 0 Å². The molecular weight excluding hydrogens is 427 g/mol. The van der Waals surface area contributed by atoms with E-state index in [9.17, 15) is 18.0 Å². The number of ether oxygens (including phenoxy) is 1. The molecule has 0 saturated carbocycles. The first kappa shape index (κ1) is 31.6. The van der Waals surface area contributed by atoms with Gasteiger partial charge >= 0.3 is 131 Å². The first-order valence-electron chi connectivity index (χ1n) is 10.6. The minimum atomic E-state index is -4.84. The molecule has 0 spiro atoms. The van der Waals surface area contributed by atoms with Gasteiger partial charge in [0.1, 0.15) is 0 Å². The van der Waals surface area contributed by atoms with Gasteiger partial charge in [-0.2, -0.15) is 8.42 Å². The van der Waals surface area contributed by atoms with Crippen LogP contribution in [-0.4, -0.2) is 103 Å². The molecule has 0 aromatic heterocycles. The van der Waals surface area contributed by atoms with Gasteiger partial charge in [0, 0.05) is 0 Å². The molecule has 29 heavy (non-hydrogen) atoms. The molecule has 1 atom stereocenters. The second-order valence-corrected chi connectivity index (χ2v) is 10.2. The Balaban J connectivity index is 0. The molecule has 10 heteroatoms. The molecule has 168 valence electrons. The van der Waals surface area contributed by atoms with Crippen molar-refractivity contribution in [3.63, 3.8) is 0 Å². The zero-order valence-corrected chi connectivity index (χ0v) is 21.9. The molecule has 0 aliphatic rings. The van der Waals surface area contributed by atoms with Crippen molar-refractivity contribution in [1.82, 2.24) is 0 Å². The average molecular weight is 465 g/mol. The molecule has 0 amide bonds. The van der Waals surface area contributed by atoms with E-state index in [1.807, 2.05) is 0 Å². The number of hydrogen-bond donors (Lipinski definition) is 3. The fourth-order valence-electron chi connectivity index (χ4n) is 2.52. The summed E-state index contributed by atoms with van der Waals surface area (Å²) in [4.78, 5) is 20.0. The van der Waals surface area contributed by atoms with Gasteiger partial charge in [0.25, 0.3) is 10.1 Å². The van der Waals surface area contributed by atoms with Gasteiger partial charge in [0.15, 0.2) is 5.25 Å². The summed E-state index contributed by atoms with van der Waals surface area (Å²) in [5.41, 5.74) is 0. The number of carboxylic acids is 2. The molecule has 1 unspecified atom stereocenters. The van der Waals surface area contributed by atoms with Crippen LogP contribution in [0, 0.1) is 0 Å². The molecule has 0 saturated heterocycles. The fraction of sp³-hybridized carbons (Fsp3) is 0.895. The van der Waals surface area contributed by atoms with E-state index in [1.54, 1.807) is 0 Å². The van der Waals surface area contributed by atoms with Crippen LogP contribution in [0.15, 0.2) is 0 Å². The van der Waals surface area contributed by atoms with Crippen LogP contribution in [0.3, 0.4) is 0 Å². The van der Waals surface area contributed by atoms with Gasteiger partial charge in [0.05, 0.1) is 6.42 Å². The van der Waals surface area contributed by atoms with Gasteiger partial charge in [-0.05, 0) is 0 Å². The van der Waals surface area contributed by atoms with E-state index in [4.69, 9.17) is 19.5 Å². The molecule has 0 aliphatic heterocycles. The van der Waals surface area contributed by atoms with Gasteiger partial charge in [-0.15, -0.1) is 0 Å². The summed E-state index contributed by atoms with van der Waals surface area (Å²) in [6.45, 7) is 4.30. The molecule has 8 nitrogen and oxygen atoms in total. The topological polar surface area (TPSA) is 138 Å². The molecule has 0 rings (SSSR count). The predicted molar refractivity (Wildman–Crippen MR) is 113 cm³/mol. The summed E-state index contributed by atoms with van der Waals surface area (Å²) in [6.07, 6.45) is 14.3. The number of unbranched alkanes of at least 4 members (excludes halogenated alkanes) is 9. The predicted octanol–water partition coefficient (Wildman–Crippen LogP) is 3.70. The Hall–Kier alpha value is 0.446. The van der Waals surface area contributed by atoms with Crippen molar-refractivity contribution < 1.29 is 37.5 Å². The number of rotatable bonds is 18. The van der Waals surface area contributed by atoms with Crippen molar-refractivity contribution in [2.75, 3.05) is 13.2 Å². The van der Waals surface area contributed by atoms with E-state index >= 15 is 0 Å². The van der Waals surface area contributed by atoms with Gasteiger partial charge in [-0.25, -0.2) is 0 Å². The van der Waals surface area contributed by atoms with Crippen molar-refractivity contribution in [3.05, 3.63) is 0 Å². The minimum absolute atomic E-state index is 1.00. The van der Waals surface area contributed by atoms with Crippen molar-refractivity contribution in [2.24, 2.45) is 0 Å². The Morgan fingerprint density at radius 2 is 1.31 bits per heavy atom. The molecule has 0 fully saturated rings. The quantitative estimate of drug-likeness (QED) is 0.158. The van der Waals surface area contributed by atoms with Crippen molar-refractivity contribution in [1.29, 1.82) is 0 Å². The number of carbonyl (C=O) groups is 2. The summed E-state index contributed by atoms with van der Waals surface area (Å²) in [6, 6.07) is 0. The summed E-state index contributed by atoms with van der Waals surface area (Å²) in [5, 5.41) is 13.9. The second-order valence-electron chi connectivity index (χ2n) is 7.09. The zero-order valence-electron chi connectivity index (χ0n) is 18.0.